The van der Waals surface area contributed by atoms with Gasteiger partial charge in [0.2, 0.25) is 11.8 Å². The minimum atomic E-state index is -0.961. The quantitative estimate of drug-likeness (QED) is 0.437. The molecule has 1 heterocycles. The molecular weight excluding hydrogens is 503 g/mol. The van der Waals surface area contributed by atoms with Crippen LogP contribution in [-0.4, -0.2) is 59.5 Å². The molecule has 1 N–H and O–H groups in total. The lowest BCUT2D eigenvalue weighted by molar-refractivity contribution is -0.146. The summed E-state index contributed by atoms with van der Waals surface area (Å²) < 4.78 is 10.1. The summed E-state index contributed by atoms with van der Waals surface area (Å²) in [5, 5.41) is 3.10. The number of rotatable bonds is 7. The molecule has 2 atom stereocenters. The van der Waals surface area contributed by atoms with E-state index in [0.29, 0.717) is 17.2 Å². The average molecular weight is 525 g/mol. The number of benzene rings is 2. The maximum Gasteiger partial charge on any atom is 0.343 e. The molecule has 11 heteroatoms. The van der Waals surface area contributed by atoms with Gasteiger partial charge in [0, 0.05) is 19.1 Å². The smallest absolute Gasteiger partial charge is 0.343 e. The van der Waals surface area contributed by atoms with Crippen LogP contribution in [0.2, 0.25) is 10.0 Å². The van der Waals surface area contributed by atoms with Gasteiger partial charge in [-0.15, -0.1) is 11.8 Å². The number of methoxy groups -OCH3 is 1. The zero-order chi connectivity index (χ0) is 24.8. The number of nitrogens with one attached hydrogen (secondary N) is 1. The average Bonchev–Trinajstić information content (AvgIpc) is 3.31. The Morgan fingerprint density at radius 2 is 1.76 bits per heavy atom. The monoisotopic (exact) mass is 524 g/mol. The van der Waals surface area contributed by atoms with Crippen LogP contribution in [0.25, 0.3) is 0 Å². The lowest BCUT2D eigenvalue weighted by Gasteiger charge is -2.24. The van der Waals surface area contributed by atoms with Gasteiger partial charge in [-0.1, -0.05) is 41.4 Å². The Morgan fingerprint density at radius 1 is 1.12 bits per heavy atom. The second-order valence-corrected chi connectivity index (χ2v) is 9.24. The van der Waals surface area contributed by atoms with Crippen LogP contribution in [0, 0.1) is 0 Å². The molecule has 2 aromatic rings. The molecule has 3 rings (SSSR count). The van der Waals surface area contributed by atoms with Gasteiger partial charge in [0.05, 0.1) is 28.6 Å². The zero-order valence-corrected chi connectivity index (χ0v) is 20.7. The molecule has 2 amide bonds. The van der Waals surface area contributed by atoms with Crippen molar-refractivity contribution in [2.45, 2.75) is 25.4 Å². The Hall–Kier alpha value is -2.75. The summed E-state index contributed by atoms with van der Waals surface area (Å²) in [5.74, 6) is -0.961. The van der Waals surface area contributed by atoms with Crippen molar-refractivity contribution in [3.8, 4) is 5.75 Å². The summed E-state index contributed by atoms with van der Waals surface area (Å²) in [6, 6.07) is 9.48. The van der Waals surface area contributed by atoms with Gasteiger partial charge in [-0.3, -0.25) is 9.59 Å². The molecule has 1 fully saturated rings. The number of thioether (sulfide) groups is 1. The first kappa shape index (κ1) is 25.9. The molecule has 34 heavy (non-hydrogen) atoms. The summed E-state index contributed by atoms with van der Waals surface area (Å²) in [4.78, 5) is 50.7. The fraction of sp³-hybridized carbons (Fsp3) is 0.304. The Kier molecular flexibility index (Phi) is 8.82. The first-order valence-electron chi connectivity index (χ1n) is 10.2. The molecule has 0 aliphatic carbocycles. The number of hydrogen-bond acceptors (Lipinski definition) is 7. The van der Waals surface area contributed by atoms with E-state index in [2.05, 4.69) is 5.32 Å². The number of carbonyl (C=O) groups excluding carboxylic acids is 4. The van der Waals surface area contributed by atoms with Gasteiger partial charge in [0.15, 0.2) is 5.75 Å². The van der Waals surface area contributed by atoms with E-state index in [9.17, 15) is 19.2 Å². The van der Waals surface area contributed by atoms with Crippen LogP contribution in [0.5, 0.6) is 5.75 Å². The van der Waals surface area contributed by atoms with E-state index in [-0.39, 0.29) is 33.7 Å². The van der Waals surface area contributed by atoms with E-state index in [1.165, 1.54) is 42.8 Å². The van der Waals surface area contributed by atoms with Gasteiger partial charge in [0.1, 0.15) is 12.1 Å². The van der Waals surface area contributed by atoms with E-state index in [1.54, 1.807) is 30.3 Å². The lowest BCUT2D eigenvalue weighted by atomic mass is 10.0. The third-order valence-electron chi connectivity index (χ3n) is 5.13. The Balaban J connectivity index is 1.68. The van der Waals surface area contributed by atoms with E-state index < -0.39 is 29.9 Å². The summed E-state index contributed by atoms with van der Waals surface area (Å²) in [7, 11) is 1.23. The largest absolute Gasteiger partial charge is 0.467 e. The van der Waals surface area contributed by atoms with Crippen LogP contribution in [0.15, 0.2) is 42.5 Å². The molecule has 0 spiro atoms. The maximum absolute atomic E-state index is 12.7. The first-order valence-corrected chi connectivity index (χ1v) is 12.1. The molecule has 180 valence electrons. The molecule has 8 nitrogen and oxygen atoms in total. The SMILES string of the molecule is COC(=O)[C@H](Cc1ccc(C(=O)Oc2c(Cl)cccc2Cl)cc1)NC(=O)C1CSCN1C(C)=O. The van der Waals surface area contributed by atoms with Crippen LogP contribution in [0.1, 0.15) is 22.8 Å². The highest BCUT2D eigenvalue weighted by Gasteiger charge is 2.35. The van der Waals surface area contributed by atoms with Crippen molar-refractivity contribution in [1.29, 1.82) is 0 Å². The second-order valence-electron chi connectivity index (χ2n) is 7.43. The minimum Gasteiger partial charge on any atom is -0.467 e. The molecule has 1 aliphatic heterocycles. The standard InChI is InChI=1S/C23H22Cl2N2O6S/c1-13(28)27-12-34-11-19(27)21(29)26-18(23(31)32-2)10-14-6-8-15(9-7-14)22(30)33-20-16(24)4-3-5-17(20)25/h3-9,18-19H,10-12H2,1-2H3,(H,26,29)/t18-,19?/m0/s1. The van der Waals surface area contributed by atoms with Crippen molar-refractivity contribution in [3.05, 3.63) is 63.6 Å². The number of amides is 2. The van der Waals surface area contributed by atoms with E-state index >= 15 is 0 Å². The molecule has 1 aliphatic rings. The fourth-order valence-corrected chi connectivity index (χ4v) is 5.01. The van der Waals surface area contributed by atoms with E-state index in [0.717, 1.165) is 0 Å². The number of hydrogen-bond donors (Lipinski definition) is 1. The fourth-order valence-electron chi connectivity index (χ4n) is 3.32. The summed E-state index contributed by atoms with van der Waals surface area (Å²) in [6.45, 7) is 1.40. The predicted molar refractivity (Wildman–Crippen MR) is 129 cm³/mol. The number of nitrogens with zero attached hydrogens (tertiary/aromatic N) is 1. The van der Waals surface area contributed by atoms with Gasteiger partial charge in [-0.25, -0.2) is 9.59 Å². The topological polar surface area (TPSA) is 102 Å². The number of para-hydroxylation sites is 1. The molecule has 0 aromatic heterocycles. The maximum atomic E-state index is 12.7. The Labute approximate surface area is 210 Å². The van der Waals surface area contributed by atoms with Crippen molar-refractivity contribution in [2.24, 2.45) is 0 Å². The third kappa shape index (κ3) is 6.22. The Morgan fingerprint density at radius 3 is 2.35 bits per heavy atom. The Bertz CT molecular complexity index is 1080. The lowest BCUT2D eigenvalue weighted by Crippen LogP contribution is -2.52. The molecule has 1 unspecified atom stereocenters. The number of esters is 2. The predicted octanol–water partition coefficient (Wildman–Crippen LogP) is 3.33. The summed E-state index contributed by atoms with van der Waals surface area (Å²) in [6.07, 6.45) is 0.129. The summed E-state index contributed by atoms with van der Waals surface area (Å²) >= 11 is 13.5. The van der Waals surface area contributed by atoms with Crippen LogP contribution in [0.4, 0.5) is 0 Å². The van der Waals surface area contributed by atoms with Gasteiger partial charge in [-0.05, 0) is 29.8 Å². The molecule has 2 aromatic carbocycles. The van der Waals surface area contributed by atoms with E-state index in [4.69, 9.17) is 32.7 Å². The van der Waals surface area contributed by atoms with Crippen LogP contribution >= 0.6 is 35.0 Å². The molecule has 1 saturated heterocycles. The van der Waals surface area contributed by atoms with Gasteiger partial charge < -0.3 is 19.7 Å². The van der Waals surface area contributed by atoms with Gasteiger partial charge >= 0.3 is 11.9 Å². The normalized spacial score (nSPS) is 16.0. The van der Waals surface area contributed by atoms with Crippen molar-refractivity contribution >= 4 is 58.7 Å². The summed E-state index contributed by atoms with van der Waals surface area (Å²) in [5.41, 5.74) is 0.922. The molecule has 0 bridgehead atoms. The van der Waals surface area contributed by atoms with Gasteiger partial charge in [-0.2, -0.15) is 0 Å². The van der Waals surface area contributed by atoms with Gasteiger partial charge in [0.25, 0.3) is 0 Å². The second kappa shape index (κ2) is 11.6. The van der Waals surface area contributed by atoms with E-state index in [1.807, 2.05) is 0 Å². The highest BCUT2D eigenvalue weighted by molar-refractivity contribution is 7.99. The first-order chi connectivity index (χ1) is 16.2. The highest BCUT2D eigenvalue weighted by Crippen LogP contribution is 2.33. The number of halogens is 2. The minimum absolute atomic E-state index is 0.0676. The van der Waals surface area contributed by atoms with Crippen molar-refractivity contribution in [3.63, 3.8) is 0 Å². The van der Waals surface area contributed by atoms with Crippen molar-refractivity contribution in [2.75, 3.05) is 18.7 Å². The van der Waals surface area contributed by atoms with Crippen molar-refractivity contribution in [1.82, 2.24) is 10.2 Å². The van der Waals surface area contributed by atoms with Crippen molar-refractivity contribution < 1.29 is 28.7 Å². The molecule has 0 radical (unpaired) electrons. The highest BCUT2D eigenvalue weighted by atomic mass is 35.5. The number of carbonyl (C=O) groups is 4. The zero-order valence-electron chi connectivity index (χ0n) is 18.4. The third-order valence-corrected chi connectivity index (χ3v) is 6.74. The molecular formula is C23H22Cl2N2O6S. The number of ether oxygens (including phenoxy) is 2. The molecule has 0 saturated carbocycles. The van der Waals surface area contributed by atoms with Crippen LogP contribution in [-0.2, 0) is 25.5 Å². The van der Waals surface area contributed by atoms with Crippen LogP contribution in [0.3, 0.4) is 0 Å². The van der Waals surface area contributed by atoms with Crippen LogP contribution < -0.4 is 10.1 Å².